The number of likely N-dealkylation sites (tertiary alicyclic amines) is 1. The molecule has 0 aromatic heterocycles. The average Bonchev–Trinajstić information content (AvgIpc) is 3.01. The SMILES string of the molecule is O=C(CC(=O)N1CCc2ccccc2C1)N1CCCC1. The van der Waals surface area contributed by atoms with Crippen molar-refractivity contribution in [1.82, 2.24) is 9.80 Å². The Morgan fingerprint density at radius 2 is 1.55 bits per heavy atom. The van der Waals surface area contributed by atoms with Crippen LogP contribution in [0, 0.1) is 0 Å². The topological polar surface area (TPSA) is 40.6 Å². The largest absolute Gasteiger partial charge is 0.342 e. The highest BCUT2D eigenvalue weighted by atomic mass is 16.2. The minimum Gasteiger partial charge on any atom is -0.342 e. The molecule has 20 heavy (non-hydrogen) atoms. The van der Waals surface area contributed by atoms with E-state index in [-0.39, 0.29) is 18.2 Å². The lowest BCUT2D eigenvalue weighted by atomic mass is 10.00. The quantitative estimate of drug-likeness (QED) is 0.767. The monoisotopic (exact) mass is 272 g/mol. The Morgan fingerprint density at radius 3 is 2.30 bits per heavy atom. The zero-order valence-electron chi connectivity index (χ0n) is 11.7. The van der Waals surface area contributed by atoms with Gasteiger partial charge in [-0.3, -0.25) is 9.59 Å². The molecule has 0 aliphatic carbocycles. The smallest absolute Gasteiger partial charge is 0.232 e. The molecule has 106 valence electrons. The Hall–Kier alpha value is -1.84. The first-order valence-electron chi connectivity index (χ1n) is 7.36. The van der Waals surface area contributed by atoms with Gasteiger partial charge in [0, 0.05) is 26.2 Å². The van der Waals surface area contributed by atoms with E-state index in [4.69, 9.17) is 0 Å². The van der Waals surface area contributed by atoms with Crippen LogP contribution in [0.3, 0.4) is 0 Å². The van der Waals surface area contributed by atoms with Crippen molar-refractivity contribution in [2.75, 3.05) is 19.6 Å². The fourth-order valence-corrected chi connectivity index (χ4v) is 3.03. The van der Waals surface area contributed by atoms with Gasteiger partial charge in [0.15, 0.2) is 0 Å². The van der Waals surface area contributed by atoms with Crippen LogP contribution in [0.2, 0.25) is 0 Å². The molecule has 0 N–H and O–H groups in total. The number of fused-ring (bicyclic) bond motifs is 1. The van der Waals surface area contributed by atoms with E-state index >= 15 is 0 Å². The lowest BCUT2D eigenvalue weighted by Crippen LogP contribution is -2.39. The minimum atomic E-state index is -0.0311. The fraction of sp³-hybridized carbons (Fsp3) is 0.500. The second-order valence-corrected chi connectivity index (χ2v) is 5.60. The van der Waals surface area contributed by atoms with Crippen molar-refractivity contribution >= 4 is 11.8 Å². The zero-order valence-corrected chi connectivity index (χ0v) is 11.7. The Balaban J connectivity index is 1.60. The first-order chi connectivity index (χ1) is 9.74. The van der Waals surface area contributed by atoms with E-state index < -0.39 is 0 Å². The van der Waals surface area contributed by atoms with Crippen molar-refractivity contribution in [3.63, 3.8) is 0 Å². The molecule has 1 aromatic rings. The predicted octanol–water partition coefficient (Wildman–Crippen LogP) is 1.58. The fourth-order valence-electron chi connectivity index (χ4n) is 3.03. The van der Waals surface area contributed by atoms with Crippen LogP contribution in [0.25, 0.3) is 0 Å². The molecule has 2 heterocycles. The lowest BCUT2D eigenvalue weighted by Gasteiger charge is -2.29. The number of amides is 2. The van der Waals surface area contributed by atoms with Crippen LogP contribution < -0.4 is 0 Å². The van der Waals surface area contributed by atoms with Crippen LogP contribution in [-0.2, 0) is 22.6 Å². The molecule has 1 saturated heterocycles. The molecule has 1 fully saturated rings. The molecule has 4 heteroatoms. The van der Waals surface area contributed by atoms with E-state index in [1.165, 1.54) is 11.1 Å². The van der Waals surface area contributed by atoms with Gasteiger partial charge in [-0.15, -0.1) is 0 Å². The Kier molecular flexibility index (Phi) is 3.72. The van der Waals surface area contributed by atoms with E-state index in [1.54, 1.807) is 0 Å². The summed E-state index contributed by atoms with van der Waals surface area (Å²) in [5.74, 6) is -0.0391. The highest BCUT2D eigenvalue weighted by Gasteiger charge is 2.25. The van der Waals surface area contributed by atoms with Gasteiger partial charge in [-0.1, -0.05) is 24.3 Å². The standard InChI is InChI=1S/C16H20N2O2/c19-15(17-8-3-4-9-17)11-16(20)18-10-7-13-5-1-2-6-14(13)12-18/h1-2,5-6H,3-4,7-12H2. The van der Waals surface area contributed by atoms with Gasteiger partial charge >= 0.3 is 0 Å². The van der Waals surface area contributed by atoms with Gasteiger partial charge < -0.3 is 9.80 Å². The third-order valence-corrected chi connectivity index (χ3v) is 4.24. The molecule has 2 aliphatic heterocycles. The minimum absolute atomic E-state index is 0.00800. The van der Waals surface area contributed by atoms with Crippen molar-refractivity contribution in [3.8, 4) is 0 Å². The molecule has 3 rings (SSSR count). The summed E-state index contributed by atoms with van der Waals surface area (Å²) in [7, 11) is 0. The molecule has 0 unspecified atom stereocenters. The van der Waals surface area contributed by atoms with Gasteiger partial charge in [-0.25, -0.2) is 0 Å². The van der Waals surface area contributed by atoms with E-state index in [9.17, 15) is 9.59 Å². The highest BCUT2D eigenvalue weighted by molar-refractivity contribution is 5.97. The number of carbonyl (C=O) groups excluding carboxylic acids is 2. The summed E-state index contributed by atoms with van der Waals surface area (Å²) in [4.78, 5) is 27.9. The van der Waals surface area contributed by atoms with Gasteiger partial charge in [0.05, 0.1) is 0 Å². The third-order valence-electron chi connectivity index (χ3n) is 4.24. The Bertz CT molecular complexity index is 521. The van der Waals surface area contributed by atoms with Crippen molar-refractivity contribution in [1.29, 1.82) is 0 Å². The number of nitrogens with zero attached hydrogens (tertiary/aromatic N) is 2. The van der Waals surface area contributed by atoms with Crippen LogP contribution in [0.1, 0.15) is 30.4 Å². The molecule has 0 saturated carbocycles. The lowest BCUT2D eigenvalue weighted by molar-refractivity contribution is -0.140. The van der Waals surface area contributed by atoms with Gasteiger partial charge in [-0.2, -0.15) is 0 Å². The zero-order chi connectivity index (χ0) is 13.9. The summed E-state index contributed by atoms with van der Waals surface area (Å²) in [6, 6.07) is 8.22. The second kappa shape index (κ2) is 5.65. The number of rotatable bonds is 2. The molecular weight excluding hydrogens is 252 g/mol. The van der Waals surface area contributed by atoms with Crippen LogP contribution in [0.4, 0.5) is 0 Å². The van der Waals surface area contributed by atoms with Crippen molar-refractivity contribution in [2.24, 2.45) is 0 Å². The number of hydrogen-bond donors (Lipinski definition) is 0. The highest BCUT2D eigenvalue weighted by Crippen LogP contribution is 2.19. The predicted molar refractivity (Wildman–Crippen MR) is 76.0 cm³/mol. The summed E-state index contributed by atoms with van der Waals surface area (Å²) in [6.07, 6.45) is 3.05. The van der Waals surface area contributed by atoms with E-state index in [2.05, 4.69) is 12.1 Å². The molecule has 0 radical (unpaired) electrons. The molecular formula is C16H20N2O2. The summed E-state index contributed by atoms with van der Waals surface area (Å²) in [5, 5.41) is 0. The van der Waals surface area contributed by atoms with Crippen molar-refractivity contribution in [2.45, 2.75) is 32.2 Å². The van der Waals surface area contributed by atoms with Gasteiger partial charge in [-0.05, 0) is 30.4 Å². The van der Waals surface area contributed by atoms with Crippen LogP contribution >= 0.6 is 0 Å². The summed E-state index contributed by atoms with van der Waals surface area (Å²) in [5.41, 5.74) is 2.53. The van der Waals surface area contributed by atoms with E-state index in [0.29, 0.717) is 6.54 Å². The van der Waals surface area contributed by atoms with Crippen LogP contribution in [0.15, 0.2) is 24.3 Å². The molecule has 4 nitrogen and oxygen atoms in total. The second-order valence-electron chi connectivity index (χ2n) is 5.60. The Morgan fingerprint density at radius 1 is 0.900 bits per heavy atom. The maximum Gasteiger partial charge on any atom is 0.232 e. The van der Waals surface area contributed by atoms with Crippen LogP contribution in [0.5, 0.6) is 0 Å². The first-order valence-corrected chi connectivity index (χ1v) is 7.36. The Labute approximate surface area is 119 Å². The van der Waals surface area contributed by atoms with Crippen molar-refractivity contribution in [3.05, 3.63) is 35.4 Å². The molecule has 0 spiro atoms. The van der Waals surface area contributed by atoms with Gasteiger partial charge in [0.25, 0.3) is 0 Å². The number of hydrogen-bond acceptors (Lipinski definition) is 2. The molecule has 0 atom stereocenters. The summed E-state index contributed by atoms with van der Waals surface area (Å²) in [6.45, 7) is 3.00. The maximum atomic E-state index is 12.3. The van der Waals surface area contributed by atoms with Crippen LogP contribution in [-0.4, -0.2) is 41.2 Å². The average molecular weight is 272 g/mol. The van der Waals surface area contributed by atoms with Gasteiger partial charge in [0.2, 0.25) is 11.8 Å². The molecule has 2 aliphatic rings. The first kappa shape index (κ1) is 13.2. The number of carbonyl (C=O) groups is 2. The van der Waals surface area contributed by atoms with E-state index in [0.717, 1.165) is 38.9 Å². The van der Waals surface area contributed by atoms with E-state index in [1.807, 2.05) is 21.9 Å². The molecule has 1 aromatic carbocycles. The summed E-state index contributed by atoms with van der Waals surface area (Å²) < 4.78 is 0. The summed E-state index contributed by atoms with van der Waals surface area (Å²) >= 11 is 0. The number of benzene rings is 1. The molecule has 2 amide bonds. The maximum absolute atomic E-state index is 12.3. The normalized spacial score (nSPS) is 18.0. The third kappa shape index (κ3) is 2.69. The van der Waals surface area contributed by atoms with Gasteiger partial charge in [0.1, 0.15) is 6.42 Å². The molecule has 0 bridgehead atoms. The van der Waals surface area contributed by atoms with Crippen molar-refractivity contribution < 1.29 is 9.59 Å².